The molecule has 0 atom stereocenters. The first kappa shape index (κ1) is 21.3. The lowest BCUT2D eigenvalue weighted by Gasteiger charge is -2.27. The van der Waals surface area contributed by atoms with Crippen LogP contribution in [-0.4, -0.2) is 21.9 Å². The number of unbranched alkanes of at least 4 members (excludes halogenated alkanes) is 2. The van der Waals surface area contributed by atoms with Crippen molar-refractivity contribution in [3.05, 3.63) is 59.4 Å². The molecule has 27 heavy (non-hydrogen) atoms. The third kappa shape index (κ3) is 6.89. The first-order chi connectivity index (χ1) is 12.8. The zero-order chi connectivity index (χ0) is 19.9. The number of amides is 1. The van der Waals surface area contributed by atoms with E-state index < -0.39 is 0 Å². The summed E-state index contributed by atoms with van der Waals surface area (Å²) in [5.74, 6) is 0.266. The van der Waals surface area contributed by atoms with Gasteiger partial charge in [-0.05, 0) is 42.0 Å². The lowest BCUT2D eigenvalue weighted by atomic mass is 9.91. The highest BCUT2D eigenvalue weighted by atomic mass is 16.2. The highest BCUT2D eigenvalue weighted by Crippen LogP contribution is 2.21. The highest BCUT2D eigenvalue weighted by molar-refractivity contribution is 5.76. The van der Waals surface area contributed by atoms with Crippen molar-refractivity contribution < 1.29 is 4.79 Å². The number of aromatic nitrogens is 1. The van der Waals surface area contributed by atoms with Gasteiger partial charge in [0.15, 0.2) is 0 Å². The molecule has 0 saturated carbocycles. The van der Waals surface area contributed by atoms with Gasteiger partial charge in [-0.1, -0.05) is 64.8 Å². The van der Waals surface area contributed by atoms with E-state index in [2.05, 4.69) is 86.7 Å². The van der Waals surface area contributed by atoms with Gasteiger partial charge in [0.05, 0.1) is 6.54 Å². The number of aryl methyl sites for hydroxylation is 1. The minimum atomic E-state index is 0.0171. The number of rotatable bonds is 9. The van der Waals surface area contributed by atoms with Crippen LogP contribution >= 0.6 is 0 Å². The quantitative estimate of drug-likeness (QED) is 0.514. The van der Waals surface area contributed by atoms with Gasteiger partial charge in [-0.15, -0.1) is 0 Å². The Bertz CT molecular complexity index is 724. The molecule has 0 N–H and O–H groups in total. The molecule has 0 aliphatic carbocycles. The number of benzene rings is 1. The smallest absolute Gasteiger partial charge is 0.223 e. The Balaban J connectivity index is 2.13. The minimum absolute atomic E-state index is 0.0171. The van der Waals surface area contributed by atoms with Crippen LogP contribution in [0.15, 0.2) is 42.6 Å². The summed E-state index contributed by atoms with van der Waals surface area (Å²) in [6.07, 6.45) is 6.14. The Kier molecular flexibility index (Phi) is 7.70. The molecule has 1 aromatic heterocycles. The maximum Gasteiger partial charge on any atom is 0.223 e. The maximum atomic E-state index is 12.9. The molecule has 2 aromatic rings. The Hall–Kier alpha value is -2.03. The molecule has 3 heteroatoms. The minimum Gasteiger partial charge on any atom is -0.345 e. The van der Waals surface area contributed by atoms with Gasteiger partial charge in [-0.25, -0.2) is 0 Å². The van der Waals surface area contributed by atoms with Crippen LogP contribution in [0.1, 0.15) is 70.2 Å². The van der Waals surface area contributed by atoms with E-state index in [1.54, 1.807) is 0 Å². The second-order valence-corrected chi connectivity index (χ2v) is 8.81. The third-order valence-electron chi connectivity index (χ3n) is 4.94. The van der Waals surface area contributed by atoms with Gasteiger partial charge in [0.25, 0.3) is 0 Å². The van der Waals surface area contributed by atoms with Gasteiger partial charge >= 0.3 is 0 Å². The van der Waals surface area contributed by atoms with Crippen molar-refractivity contribution in [2.75, 3.05) is 6.54 Å². The van der Waals surface area contributed by atoms with Gasteiger partial charge in [-0.3, -0.25) is 4.79 Å². The number of carbonyl (C=O) groups excluding carboxylic acids is 1. The fourth-order valence-electron chi connectivity index (χ4n) is 3.32. The second kappa shape index (κ2) is 9.77. The first-order valence-electron chi connectivity index (χ1n) is 10.3. The van der Waals surface area contributed by atoms with E-state index in [9.17, 15) is 4.79 Å². The molecule has 0 radical (unpaired) electrons. The van der Waals surface area contributed by atoms with Crippen LogP contribution in [0.2, 0.25) is 0 Å². The molecule has 0 fully saturated rings. The van der Waals surface area contributed by atoms with Crippen LogP contribution in [-0.2, 0) is 17.9 Å². The molecule has 0 aliphatic rings. The van der Waals surface area contributed by atoms with Crippen molar-refractivity contribution in [3.63, 3.8) is 0 Å². The van der Waals surface area contributed by atoms with Crippen LogP contribution in [0.5, 0.6) is 0 Å². The average Bonchev–Trinajstić information content (AvgIpc) is 3.01. The number of hydrogen-bond donors (Lipinski definition) is 0. The lowest BCUT2D eigenvalue weighted by molar-refractivity contribution is -0.133. The van der Waals surface area contributed by atoms with Crippen molar-refractivity contribution in [2.45, 2.75) is 73.4 Å². The van der Waals surface area contributed by atoms with Crippen LogP contribution in [0, 0.1) is 12.3 Å². The number of carbonyl (C=O) groups is 1. The van der Waals surface area contributed by atoms with Gasteiger partial charge < -0.3 is 9.47 Å². The SMILES string of the molecule is CCCCCN(Cc1cccn1Cc1ccccc1C)C(=O)CC(C)(C)C. The Morgan fingerprint density at radius 2 is 1.81 bits per heavy atom. The lowest BCUT2D eigenvalue weighted by Crippen LogP contribution is -2.34. The summed E-state index contributed by atoms with van der Waals surface area (Å²) in [5.41, 5.74) is 3.86. The summed E-state index contributed by atoms with van der Waals surface area (Å²) in [5, 5.41) is 0. The first-order valence-corrected chi connectivity index (χ1v) is 10.3. The molecule has 0 aliphatic heterocycles. The van der Waals surface area contributed by atoms with Crippen LogP contribution in [0.25, 0.3) is 0 Å². The molecule has 0 spiro atoms. The molecule has 1 aromatic carbocycles. The second-order valence-electron chi connectivity index (χ2n) is 8.81. The standard InChI is InChI=1S/C24H36N2O/c1-6-7-10-15-26(23(27)17-24(3,4)5)19-22-14-11-16-25(22)18-21-13-9-8-12-20(21)2/h8-9,11-14,16H,6-7,10,15,17-19H2,1-5H3. The van der Waals surface area contributed by atoms with Gasteiger partial charge in [0, 0.05) is 31.4 Å². The van der Waals surface area contributed by atoms with E-state index in [0.717, 1.165) is 19.5 Å². The molecule has 0 saturated heterocycles. The van der Waals surface area contributed by atoms with Crippen LogP contribution in [0.4, 0.5) is 0 Å². The molecule has 1 heterocycles. The Morgan fingerprint density at radius 3 is 2.48 bits per heavy atom. The van der Waals surface area contributed by atoms with Crippen molar-refractivity contribution >= 4 is 5.91 Å². The number of nitrogens with zero attached hydrogens (tertiary/aromatic N) is 2. The van der Waals surface area contributed by atoms with E-state index in [1.165, 1.54) is 29.7 Å². The third-order valence-corrected chi connectivity index (χ3v) is 4.94. The molecule has 0 unspecified atom stereocenters. The largest absolute Gasteiger partial charge is 0.345 e. The van der Waals surface area contributed by atoms with Crippen LogP contribution < -0.4 is 0 Å². The van der Waals surface area contributed by atoms with Crippen LogP contribution in [0.3, 0.4) is 0 Å². The van der Waals surface area contributed by atoms with E-state index in [4.69, 9.17) is 0 Å². The zero-order valence-corrected chi connectivity index (χ0v) is 17.8. The summed E-state index contributed by atoms with van der Waals surface area (Å²) in [7, 11) is 0. The molecule has 148 valence electrons. The Labute approximate surface area is 165 Å². The summed E-state index contributed by atoms with van der Waals surface area (Å²) in [6, 6.07) is 12.7. The normalized spacial score (nSPS) is 11.6. The van der Waals surface area contributed by atoms with Gasteiger partial charge in [0.1, 0.15) is 0 Å². The summed E-state index contributed by atoms with van der Waals surface area (Å²) >= 11 is 0. The molecule has 1 amide bonds. The average molecular weight is 369 g/mol. The molecular formula is C24H36N2O. The number of hydrogen-bond acceptors (Lipinski definition) is 1. The summed E-state index contributed by atoms with van der Waals surface area (Å²) in [4.78, 5) is 15.0. The van der Waals surface area contributed by atoms with E-state index >= 15 is 0 Å². The molecular weight excluding hydrogens is 332 g/mol. The topological polar surface area (TPSA) is 25.2 Å². The van der Waals surface area contributed by atoms with Crippen molar-refractivity contribution in [1.29, 1.82) is 0 Å². The highest BCUT2D eigenvalue weighted by Gasteiger charge is 2.22. The summed E-state index contributed by atoms with van der Waals surface area (Å²) in [6.45, 7) is 13.2. The predicted octanol–water partition coefficient (Wildman–Crippen LogP) is 5.80. The van der Waals surface area contributed by atoms with E-state index in [-0.39, 0.29) is 11.3 Å². The van der Waals surface area contributed by atoms with Gasteiger partial charge in [-0.2, -0.15) is 0 Å². The molecule has 2 rings (SSSR count). The van der Waals surface area contributed by atoms with Gasteiger partial charge in [0.2, 0.25) is 5.91 Å². The maximum absolute atomic E-state index is 12.9. The molecule has 3 nitrogen and oxygen atoms in total. The van der Waals surface area contributed by atoms with E-state index in [0.29, 0.717) is 13.0 Å². The van der Waals surface area contributed by atoms with E-state index in [1.807, 2.05) is 0 Å². The van der Waals surface area contributed by atoms with Crippen molar-refractivity contribution in [3.8, 4) is 0 Å². The summed E-state index contributed by atoms with van der Waals surface area (Å²) < 4.78 is 2.28. The Morgan fingerprint density at radius 1 is 1.07 bits per heavy atom. The van der Waals surface area contributed by atoms with Crippen molar-refractivity contribution in [1.82, 2.24) is 9.47 Å². The predicted molar refractivity (Wildman–Crippen MR) is 114 cm³/mol. The van der Waals surface area contributed by atoms with Crippen molar-refractivity contribution in [2.24, 2.45) is 5.41 Å². The monoisotopic (exact) mass is 368 g/mol. The fourth-order valence-corrected chi connectivity index (χ4v) is 3.32. The zero-order valence-electron chi connectivity index (χ0n) is 17.8. The molecule has 0 bridgehead atoms. The fraction of sp³-hybridized carbons (Fsp3) is 0.542.